The van der Waals surface area contributed by atoms with Crippen LogP contribution in [0.4, 0.5) is 0 Å². The molecule has 0 aliphatic heterocycles. The van der Waals surface area contributed by atoms with E-state index in [2.05, 4.69) is 26.8 Å². The van der Waals surface area contributed by atoms with Gasteiger partial charge in [-0.2, -0.15) is 0 Å². The normalized spacial score (nSPS) is 12.1. The molecule has 0 rings (SSSR count). The van der Waals surface area contributed by atoms with Crippen molar-refractivity contribution >= 4 is 0 Å². The Kier molecular flexibility index (Phi) is 12.6. The van der Waals surface area contributed by atoms with E-state index < -0.39 is 0 Å². The van der Waals surface area contributed by atoms with Crippen LogP contribution in [-0.2, 0) is 0 Å². The highest BCUT2D eigenvalue weighted by molar-refractivity contribution is 4.95. The maximum atomic E-state index is 3.47. The Labute approximate surface area is 104 Å². The van der Waals surface area contributed by atoms with Crippen molar-refractivity contribution in [2.75, 3.05) is 0 Å². The molecule has 0 N–H and O–H groups in total. The van der Waals surface area contributed by atoms with Crippen LogP contribution in [0.25, 0.3) is 0 Å². The van der Waals surface area contributed by atoms with Gasteiger partial charge in [0.15, 0.2) is 0 Å². The highest BCUT2D eigenvalue weighted by Gasteiger charge is 1.95. The van der Waals surface area contributed by atoms with E-state index in [0.717, 1.165) is 6.42 Å². The Bertz CT molecular complexity index is 155. The van der Waals surface area contributed by atoms with Crippen molar-refractivity contribution in [3.8, 4) is 0 Å². The van der Waals surface area contributed by atoms with Crippen molar-refractivity contribution in [1.29, 1.82) is 0 Å². The largest absolute Gasteiger partial charge is 0.0670 e. The average Bonchev–Trinajstić information content (AvgIpc) is 2.31. The summed E-state index contributed by atoms with van der Waals surface area (Å²) in [6.07, 6.45) is 18.4. The third-order valence-corrected chi connectivity index (χ3v) is 3.19. The van der Waals surface area contributed by atoms with Gasteiger partial charge in [0.25, 0.3) is 0 Å². The summed E-state index contributed by atoms with van der Waals surface area (Å²) in [4.78, 5) is 0. The van der Waals surface area contributed by atoms with E-state index >= 15 is 0 Å². The van der Waals surface area contributed by atoms with Gasteiger partial charge in [-0.05, 0) is 31.8 Å². The van der Waals surface area contributed by atoms with E-state index in [4.69, 9.17) is 0 Å². The van der Waals surface area contributed by atoms with Crippen LogP contribution in [-0.4, -0.2) is 0 Å². The van der Waals surface area contributed by atoms with Crippen LogP contribution in [0.1, 0.15) is 91.4 Å². The topological polar surface area (TPSA) is 0 Å². The smallest absolute Gasteiger partial charge is 0.0305 e. The van der Waals surface area contributed by atoms with Crippen molar-refractivity contribution < 1.29 is 0 Å². The number of rotatable bonds is 11. The number of hydrogen-bond donors (Lipinski definition) is 0. The summed E-state index contributed by atoms with van der Waals surface area (Å²) < 4.78 is 0. The first-order valence-electron chi connectivity index (χ1n) is 7.43. The van der Waals surface area contributed by atoms with Crippen molar-refractivity contribution in [2.45, 2.75) is 91.4 Å². The van der Waals surface area contributed by atoms with Gasteiger partial charge in [-0.3, -0.25) is 0 Å². The van der Waals surface area contributed by atoms with Gasteiger partial charge in [-0.1, -0.05) is 71.3 Å². The molecule has 0 heteroatoms. The molecule has 0 aromatic carbocycles. The monoisotopic (exact) mass is 223 g/mol. The molecule has 0 bridgehead atoms. The first-order valence-corrected chi connectivity index (χ1v) is 7.43. The third-order valence-electron chi connectivity index (χ3n) is 3.19. The molecule has 0 fully saturated rings. The third kappa shape index (κ3) is 10.3. The molecule has 0 unspecified atom stereocenters. The lowest BCUT2D eigenvalue weighted by atomic mass is 10.0. The van der Waals surface area contributed by atoms with E-state index in [-0.39, 0.29) is 0 Å². The van der Waals surface area contributed by atoms with E-state index in [1.54, 1.807) is 5.57 Å². The van der Waals surface area contributed by atoms with Gasteiger partial charge in [-0.25, -0.2) is 0 Å². The SMILES string of the molecule is CC/[C]=C(/CC)CCCCCCCCCC. The van der Waals surface area contributed by atoms with Gasteiger partial charge < -0.3 is 0 Å². The van der Waals surface area contributed by atoms with Gasteiger partial charge in [0, 0.05) is 0 Å². The Morgan fingerprint density at radius 1 is 0.750 bits per heavy atom. The second-order valence-electron chi connectivity index (χ2n) is 4.71. The van der Waals surface area contributed by atoms with Crippen LogP contribution in [0.15, 0.2) is 5.57 Å². The van der Waals surface area contributed by atoms with Crippen LogP contribution in [0.2, 0.25) is 0 Å². The molecule has 0 saturated heterocycles. The van der Waals surface area contributed by atoms with Gasteiger partial charge in [0.05, 0.1) is 0 Å². The van der Waals surface area contributed by atoms with E-state index in [9.17, 15) is 0 Å². The van der Waals surface area contributed by atoms with Crippen LogP contribution in [0.5, 0.6) is 0 Å². The molecule has 95 valence electrons. The first kappa shape index (κ1) is 15.7. The fraction of sp³-hybridized carbons (Fsp3) is 0.875. The van der Waals surface area contributed by atoms with E-state index in [0.29, 0.717) is 0 Å². The minimum absolute atomic E-state index is 1.08. The van der Waals surface area contributed by atoms with Crippen LogP contribution < -0.4 is 0 Å². The maximum Gasteiger partial charge on any atom is -0.0305 e. The Balaban J connectivity index is 3.22. The van der Waals surface area contributed by atoms with Crippen LogP contribution in [0.3, 0.4) is 0 Å². The molecule has 0 heterocycles. The second kappa shape index (κ2) is 12.8. The van der Waals surface area contributed by atoms with Gasteiger partial charge in [-0.15, -0.1) is 0 Å². The first-order chi connectivity index (χ1) is 7.85. The highest BCUT2D eigenvalue weighted by atomic mass is 14.0. The number of hydrogen-bond acceptors (Lipinski definition) is 0. The predicted octanol–water partition coefficient (Wildman–Crippen LogP) is 6.07. The lowest BCUT2D eigenvalue weighted by Gasteiger charge is -2.04. The van der Waals surface area contributed by atoms with Gasteiger partial charge in [0.2, 0.25) is 0 Å². The zero-order valence-electron chi connectivity index (χ0n) is 11.8. The molecular formula is C16H31. The fourth-order valence-electron chi connectivity index (χ4n) is 2.11. The molecule has 0 aromatic rings. The summed E-state index contributed by atoms with van der Waals surface area (Å²) in [7, 11) is 0. The van der Waals surface area contributed by atoms with Gasteiger partial charge >= 0.3 is 0 Å². The predicted molar refractivity (Wildman–Crippen MR) is 74.6 cm³/mol. The molecule has 0 amide bonds. The fourth-order valence-corrected chi connectivity index (χ4v) is 2.11. The van der Waals surface area contributed by atoms with Crippen molar-refractivity contribution in [1.82, 2.24) is 0 Å². The summed E-state index contributed by atoms with van der Waals surface area (Å²) in [5, 5.41) is 0. The average molecular weight is 223 g/mol. The minimum atomic E-state index is 1.08. The molecule has 0 nitrogen and oxygen atoms in total. The van der Waals surface area contributed by atoms with Crippen molar-refractivity contribution in [3.05, 3.63) is 11.6 Å². The lowest BCUT2D eigenvalue weighted by molar-refractivity contribution is 0.573. The molecule has 1 radical (unpaired) electrons. The molecule has 0 atom stereocenters. The number of unbranched alkanes of at least 4 members (excludes halogenated alkanes) is 7. The molecule has 0 saturated carbocycles. The highest BCUT2D eigenvalue weighted by Crippen LogP contribution is 2.14. The summed E-state index contributed by atoms with van der Waals surface area (Å²) in [5.74, 6) is 0. The summed E-state index contributed by atoms with van der Waals surface area (Å²) in [5.41, 5.74) is 1.55. The lowest BCUT2D eigenvalue weighted by Crippen LogP contribution is -1.85. The van der Waals surface area contributed by atoms with Crippen molar-refractivity contribution in [3.63, 3.8) is 0 Å². The number of allylic oxidation sites excluding steroid dienone is 2. The zero-order valence-corrected chi connectivity index (χ0v) is 11.8. The molecule has 16 heavy (non-hydrogen) atoms. The summed E-state index contributed by atoms with van der Waals surface area (Å²) >= 11 is 0. The Morgan fingerprint density at radius 2 is 1.31 bits per heavy atom. The standard InChI is InChI=1S/C16H31/c1-4-7-8-9-10-11-12-13-15-16(6-3)14-5-2/h4-13,15H2,1-3H3. The quantitative estimate of drug-likeness (QED) is 0.373. The molecule has 0 spiro atoms. The summed E-state index contributed by atoms with van der Waals surface area (Å²) in [6, 6.07) is 0. The molecular weight excluding hydrogens is 192 g/mol. The Morgan fingerprint density at radius 3 is 1.81 bits per heavy atom. The van der Waals surface area contributed by atoms with Crippen molar-refractivity contribution in [2.24, 2.45) is 0 Å². The minimum Gasteiger partial charge on any atom is -0.0670 e. The second-order valence-corrected chi connectivity index (χ2v) is 4.71. The molecule has 0 aromatic heterocycles. The Hall–Kier alpha value is -0.260. The van der Waals surface area contributed by atoms with E-state index in [1.165, 1.54) is 64.2 Å². The van der Waals surface area contributed by atoms with Crippen LogP contribution >= 0.6 is 0 Å². The van der Waals surface area contributed by atoms with Gasteiger partial charge in [0.1, 0.15) is 0 Å². The molecule has 0 aliphatic carbocycles. The summed E-state index contributed by atoms with van der Waals surface area (Å²) in [6.45, 7) is 6.72. The molecule has 0 aliphatic rings. The maximum absolute atomic E-state index is 3.47. The zero-order chi connectivity index (χ0) is 12.1. The van der Waals surface area contributed by atoms with Crippen LogP contribution in [0, 0.1) is 6.08 Å². The van der Waals surface area contributed by atoms with E-state index in [1.807, 2.05) is 0 Å².